The number of nitrogens with two attached hydrogens (primary N) is 1. The van der Waals surface area contributed by atoms with Crippen LogP contribution >= 0.6 is 23.1 Å². The molecule has 0 fully saturated rings. The van der Waals surface area contributed by atoms with Crippen LogP contribution in [0.5, 0.6) is 0 Å². The molecule has 0 saturated carbocycles. The first-order valence-electron chi connectivity index (χ1n) is 5.02. The number of oxime groups is 1. The molecule has 18 heavy (non-hydrogen) atoms. The van der Waals surface area contributed by atoms with Crippen LogP contribution in [0.1, 0.15) is 16.3 Å². The number of hydrogen-bond donors (Lipinski definition) is 2. The van der Waals surface area contributed by atoms with Gasteiger partial charge in [-0.2, -0.15) is 5.10 Å². The van der Waals surface area contributed by atoms with Crippen molar-refractivity contribution in [3.63, 3.8) is 0 Å². The second-order valence-corrected chi connectivity index (χ2v) is 5.98. The lowest BCUT2D eigenvalue weighted by atomic mass is 10.2. The van der Waals surface area contributed by atoms with Crippen LogP contribution in [0.4, 0.5) is 0 Å². The number of aryl methyl sites for hydroxylation is 3. The third-order valence-corrected chi connectivity index (χ3v) is 4.28. The van der Waals surface area contributed by atoms with Gasteiger partial charge in [-0.3, -0.25) is 4.68 Å². The van der Waals surface area contributed by atoms with Crippen molar-refractivity contribution >= 4 is 28.9 Å². The van der Waals surface area contributed by atoms with Crippen molar-refractivity contribution in [1.29, 1.82) is 0 Å². The maximum atomic E-state index is 8.81. The van der Waals surface area contributed by atoms with E-state index >= 15 is 0 Å². The molecule has 0 spiro atoms. The van der Waals surface area contributed by atoms with Gasteiger partial charge in [-0.05, 0) is 25.6 Å². The zero-order valence-corrected chi connectivity index (χ0v) is 11.7. The highest BCUT2D eigenvalue weighted by Gasteiger charge is 2.19. The van der Waals surface area contributed by atoms with Crippen molar-refractivity contribution in [3.05, 3.63) is 16.3 Å². The first kappa shape index (κ1) is 12.8. The molecular weight excluding hydrogens is 272 g/mol. The van der Waals surface area contributed by atoms with Gasteiger partial charge in [0.05, 0.1) is 11.3 Å². The minimum atomic E-state index is 0.0457. The molecule has 9 heteroatoms. The SMILES string of the molecule is Cc1nnc(Sc2c(C(N)=NO)c(C)nn2C)s1. The van der Waals surface area contributed by atoms with Crippen molar-refractivity contribution in [2.75, 3.05) is 0 Å². The summed E-state index contributed by atoms with van der Waals surface area (Å²) in [7, 11) is 1.80. The summed E-state index contributed by atoms with van der Waals surface area (Å²) in [6.07, 6.45) is 0. The lowest BCUT2D eigenvalue weighted by Gasteiger charge is -2.02. The van der Waals surface area contributed by atoms with Gasteiger partial charge in [-0.1, -0.05) is 16.5 Å². The summed E-state index contributed by atoms with van der Waals surface area (Å²) in [6, 6.07) is 0. The molecule has 0 aliphatic heterocycles. The maximum absolute atomic E-state index is 8.81. The van der Waals surface area contributed by atoms with Crippen molar-refractivity contribution in [2.24, 2.45) is 17.9 Å². The monoisotopic (exact) mass is 284 g/mol. The van der Waals surface area contributed by atoms with E-state index in [1.165, 1.54) is 23.1 Å². The molecular formula is C9H12N6OS2. The van der Waals surface area contributed by atoms with E-state index in [0.717, 1.165) is 14.4 Å². The van der Waals surface area contributed by atoms with E-state index < -0.39 is 0 Å². The summed E-state index contributed by atoms with van der Waals surface area (Å²) >= 11 is 2.88. The average Bonchev–Trinajstić information content (AvgIpc) is 2.84. The Kier molecular flexibility index (Phi) is 3.53. The topological polar surface area (TPSA) is 102 Å². The normalized spacial score (nSPS) is 12.1. The Morgan fingerprint density at radius 2 is 2.17 bits per heavy atom. The molecule has 0 unspecified atom stereocenters. The van der Waals surface area contributed by atoms with E-state index in [4.69, 9.17) is 10.9 Å². The highest BCUT2D eigenvalue weighted by atomic mass is 32.2. The van der Waals surface area contributed by atoms with Gasteiger partial charge in [0, 0.05) is 7.05 Å². The van der Waals surface area contributed by atoms with Gasteiger partial charge in [-0.25, -0.2) is 0 Å². The second kappa shape index (κ2) is 4.94. The van der Waals surface area contributed by atoms with Crippen molar-refractivity contribution in [1.82, 2.24) is 20.0 Å². The van der Waals surface area contributed by atoms with Gasteiger partial charge in [0.1, 0.15) is 10.0 Å². The highest BCUT2D eigenvalue weighted by Crippen LogP contribution is 2.33. The fourth-order valence-electron chi connectivity index (χ4n) is 1.50. The van der Waals surface area contributed by atoms with Crippen LogP contribution < -0.4 is 5.73 Å². The second-order valence-electron chi connectivity index (χ2n) is 3.56. The van der Waals surface area contributed by atoms with Gasteiger partial charge in [0.25, 0.3) is 0 Å². The van der Waals surface area contributed by atoms with E-state index in [2.05, 4.69) is 20.5 Å². The lowest BCUT2D eigenvalue weighted by molar-refractivity contribution is 0.318. The molecule has 0 radical (unpaired) electrons. The van der Waals surface area contributed by atoms with Crippen LogP contribution in [-0.2, 0) is 7.05 Å². The summed E-state index contributed by atoms with van der Waals surface area (Å²) in [5, 5.41) is 25.8. The Labute approximate surface area is 112 Å². The summed E-state index contributed by atoms with van der Waals surface area (Å²) in [5.74, 6) is 0.0457. The van der Waals surface area contributed by atoms with Crippen molar-refractivity contribution < 1.29 is 5.21 Å². The molecule has 0 amide bonds. The first-order chi connectivity index (χ1) is 8.52. The fraction of sp³-hybridized carbons (Fsp3) is 0.333. The minimum Gasteiger partial charge on any atom is -0.409 e. The molecule has 0 aliphatic rings. The minimum absolute atomic E-state index is 0.0457. The smallest absolute Gasteiger partial charge is 0.180 e. The Hall–Kier alpha value is -1.61. The molecule has 0 aromatic carbocycles. The van der Waals surface area contributed by atoms with E-state index in [1.807, 2.05) is 13.8 Å². The van der Waals surface area contributed by atoms with Crippen molar-refractivity contribution in [3.8, 4) is 0 Å². The molecule has 7 nitrogen and oxygen atoms in total. The van der Waals surface area contributed by atoms with Crippen LogP contribution in [-0.4, -0.2) is 31.0 Å². The molecule has 2 aromatic heterocycles. The summed E-state index contributed by atoms with van der Waals surface area (Å²) in [5.41, 5.74) is 7.00. The van der Waals surface area contributed by atoms with Gasteiger partial charge in [-0.15, -0.1) is 10.2 Å². The molecule has 3 N–H and O–H groups in total. The number of rotatable bonds is 3. The van der Waals surface area contributed by atoms with E-state index in [-0.39, 0.29) is 5.84 Å². The molecule has 0 atom stereocenters. The van der Waals surface area contributed by atoms with E-state index in [0.29, 0.717) is 11.3 Å². The van der Waals surface area contributed by atoms with Crippen LogP contribution in [0, 0.1) is 13.8 Å². The summed E-state index contributed by atoms with van der Waals surface area (Å²) in [4.78, 5) is 0. The van der Waals surface area contributed by atoms with Gasteiger partial charge >= 0.3 is 0 Å². The number of aromatic nitrogens is 4. The Morgan fingerprint density at radius 1 is 1.44 bits per heavy atom. The van der Waals surface area contributed by atoms with Crippen LogP contribution in [0.15, 0.2) is 14.5 Å². The Bertz CT molecular complexity index is 602. The molecule has 2 aromatic rings. The maximum Gasteiger partial charge on any atom is 0.180 e. The lowest BCUT2D eigenvalue weighted by Crippen LogP contribution is -2.14. The quantitative estimate of drug-likeness (QED) is 0.379. The van der Waals surface area contributed by atoms with Gasteiger partial charge in [0.2, 0.25) is 0 Å². The third-order valence-electron chi connectivity index (χ3n) is 2.22. The van der Waals surface area contributed by atoms with Gasteiger partial charge in [0.15, 0.2) is 10.2 Å². The number of amidine groups is 1. The number of hydrogen-bond acceptors (Lipinski definition) is 7. The first-order valence-corrected chi connectivity index (χ1v) is 6.65. The Morgan fingerprint density at radius 3 is 2.72 bits per heavy atom. The van der Waals surface area contributed by atoms with Crippen LogP contribution in [0.25, 0.3) is 0 Å². The van der Waals surface area contributed by atoms with Gasteiger partial charge < -0.3 is 10.9 Å². The zero-order chi connectivity index (χ0) is 13.3. The molecule has 96 valence electrons. The van der Waals surface area contributed by atoms with E-state index in [9.17, 15) is 0 Å². The molecule has 2 rings (SSSR count). The van der Waals surface area contributed by atoms with Crippen LogP contribution in [0.3, 0.4) is 0 Å². The predicted octanol–water partition coefficient (Wildman–Crippen LogP) is 1.13. The molecule has 2 heterocycles. The molecule has 0 bridgehead atoms. The largest absolute Gasteiger partial charge is 0.409 e. The molecule has 0 saturated heterocycles. The van der Waals surface area contributed by atoms with Crippen LogP contribution in [0.2, 0.25) is 0 Å². The number of nitrogens with zero attached hydrogens (tertiary/aromatic N) is 5. The predicted molar refractivity (Wildman–Crippen MR) is 69.2 cm³/mol. The Balaban J connectivity index is 2.44. The zero-order valence-electron chi connectivity index (χ0n) is 10.1. The summed E-state index contributed by atoms with van der Waals surface area (Å²) in [6.45, 7) is 3.70. The highest BCUT2D eigenvalue weighted by molar-refractivity contribution is 8.01. The average molecular weight is 284 g/mol. The standard InChI is InChI=1S/C9H12N6OS2/c1-4-6(7(10)14-16)8(15(3)13-4)18-9-12-11-5(2)17-9/h16H,1-3H3,(H2,10,14). The molecule has 0 aliphatic carbocycles. The summed E-state index contributed by atoms with van der Waals surface area (Å²) < 4.78 is 2.48. The van der Waals surface area contributed by atoms with Crippen molar-refractivity contribution in [2.45, 2.75) is 23.2 Å². The fourth-order valence-corrected chi connectivity index (χ4v) is 3.46. The third kappa shape index (κ3) is 2.31. The van der Waals surface area contributed by atoms with E-state index in [1.54, 1.807) is 11.7 Å².